The molecule has 0 amide bonds. The highest BCUT2D eigenvalue weighted by molar-refractivity contribution is 9.10. The second-order valence-electron chi connectivity index (χ2n) is 4.27. The first-order valence-corrected chi connectivity index (χ1v) is 7.25. The third-order valence-corrected chi connectivity index (χ3v) is 4.21. The molecule has 2 aromatic rings. The minimum atomic E-state index is -0.205. The Morgan fingerprint density at radius 1 is 1.11 bits per heavy atom. The molecule has 2 nitrogen and oxygen atoms in total. The number of rotatable bonds is 3. The molecule has 0 saturated carbocycles. The quantitative estimate of drug-likeness (QED) is 0.620. The molecule has 0 spiro atoms. The number of nitrogens with two attached hydrogens (primary N) is 1. The Bertz CT molecular complexity index is 602. The van der Waals surface area contributed by atoms with Gasteiger partial charge in [-0.25, -0.2) is 5.43 Å². The molecule has 0 fully saturated rings. The van der Waals surface area contributed by atoms with Gasteiger partial charge in [0.1, 0.15) is 0 Å². The Hall–Kier alpha value is -0.580. The van der Waals surface area contributed by atoms with Gasteiger partial charge in [0.15, 0.2) is 0 Å². The predicted octanol–water partition coefficient (Wildman–Crippen LogP) is 4.62. The smallest absolute Gasteiger partial charge is 0.0725 e. The van der Waals surface area contributed by atoms with Crippen molar-refractivity contribution in [1.29, 1.82) is 0 Å². The molecule has 0 bridgehead atoms. The van der Waals surface area contributed by atoms with Gasteiger partial charge in [-0.05, 0) is 47.9 Å². The summed E-state index contributed by atoms with van der Waals surface area (Å²) in [7, 11) is 0. The van der Waals surface area contributed by atoms with Crippen LogP contribution in [0.3, 0.4) is 0 Å². The number of hydrazine groups is 1. The maximum atomic E-state index is 6.24. The molecule has 1 atom stereocenters. The van der Waals surface area contributed by atoms with Crippen molar-refractivity contribution < 1.29 is 0 Å². The van der Waals surface area contributed by atoms with Gasteiger partial charge in [-0.15, -0.1) is 0 Å². The minimum absolute atomic E-state index is 0.205. The van der Waals surface area contributed by atoms with Crippen molar-refractivity contribution >= 4 is 39.1 Å². The van der Waals surface area contributed by atoms with E-state index >= 15 is 0 Å². The normalized spacial score (nSPS) is 12.5. The lowest BCUT2D eigenvalue weighted by atomic mass is 9.98. The largest absolute Gasteiger partial charge is 0.271 e. The van der Waals surface area contributed by atoms with E-state index in [1.165, 1.54) is 0 Å². The van der Waals surface area contributed by atoms with Gasteiger partial charge in [0.2, 0.25) is 0 Å². The average Bonchev–Trinajstić information content (AvgIpc) is 2.38. The minimum Gasteiger partial charge on any atom is -0.271 e. The molecule has 19 heavy (non-hydrogen) atoms. The molecule has 0 aromatic heterocycles. The van der Waals surface area contributed by atoms with Crippen LogP contribution in [-0.2, 0) is 0 Å². The van der Waals surface area contributed by atoms with E-state index in [0.29, 0.717) is 10.0 Å². The molecule has 3 N–H and O–H groups in total. The van der Waals surface area contributed by atoms with Crippen molar-refractivity contribution in [2.45, 2.75) is 13.0 Å². The van der Waals surface area contributed by atoms with Crippen LogP contribution in [0.4, 0.5) is 0 Å². The fraction of sp³-hybridized carbons (Fsp3) is 0.143. The molecule has 0 aliphatic carbocycles. The van der Waals surface area contributed by atoms with Crippen LogP contribution in [0, 0.1) is 6.92 Å². The summed E-state index contributed by atoms with van der Waals surface area (Å²) in [6, 6.07) is 11.3. The van der Waals surface area contributed by atoms with Crippen molar-refractivity contribution in [3.05, 3.63) is 67.6 Å². The van der Waals surface area contributed by atoms with E-state index in [1.54, 1.807) is 0 Å². The van der Waals surface area contributed by atoms with Crippen molar-refractivity contribution in [2.24, 2.45) is 5.84 Å². The zero-order valence-corrected chi connectivity index (χ0v) is 13.4. The van der Waals surface area contributed by atoms with E-state index in [0.717, 1.165) is 21.2 Å². The zero-order chi connectivity index (χ0) is 14.0. The summed E-state index contributed by atoms with van der Waals surface area (Å²) >= 11 is 15.8. The molecular weight excluding hydrogens is 347 g/mol. The van der Waals surface area contributed by atoms with Crippen LogP contribution in [0.25, 0.3) is 0 Å². The van der Waals surface area contributed by atoms with Crippen LogP contribution in [0.5, 0.6) is 0 Å². The third kappa shape index (κ3) is 3.30. The summed E-state index contributed by atoms with van der Waals surface area (Å²) < 4.78 is 0.949. The topological polar surface area (TPSA) is 38.0 Å². The SMILES string of the molecule is Cc1ccc(C(NN)c2cc(Br)ccc2Cl)cc1Cl. The van der Waals surface area contributed by atoms with Crippen LogP contribution in [0.15, 0.2) is 40.9 Å². The molecule has 0 heterocycles. The first-order chi connectivity index (χ1) is 9.02. The lowest BCUT2D eigenvalue weighted by molar-refractivity contribution is 0.636. The van der Waals surface area contributed by atoms with Gasteiger partial charge >= 0.3 is 0 Å². The summed E-state index contributed by atoms with van der Waals surface area (Å²) in [4.78, 5) is 0. The van der Waals surface area contributed by atoms with Gasteiger partial charge in [0.05, 0.1) is 6.04 Å². The fourth-order valence-corrected chi connectivity index (χ4v) is 2.68. The number of hydrogen-bond acceptors (Lipinski definition) is 2. The van der Waals surface area contributed by atoms with E-state index in [2.05, 4.69) is 21.4 Å². The van der Waals surface area contributed by atoms with Crippen molar-refractivity contribution in [3.63, 3.8) is 0 Å². The van der Waals surface area contributed by atoms with Gasteiger partial charge in [-0.1, -0.05) is 51.3 Å². The molecule has 0 aliphatic rings. The highest BCUT2D eigenvalue weighted by Crippen LogP contribution is 2.31. The van der Waals surface area contributed by atoms with Gasteiger partial charge in [0.25, 0.3) is 0 Å². The molecule has 100 valence electrons. The van der Waals surface area contributed by atoms with Crippen molar-refractivity contribution in [2.75, 3.05) is 0 Å². The summed E-state index contributed by atoms with van der Waals surface area (Å²) in [6.45, 7) is 1.96. The van der Waals surface area contributed by atoms with E-state index in [4.69, 9.17) is 29.0 Å². The third-order valence-electron chi connectivity index (χ3n) is 2.96. The van der Waals surface area contributed by atoms with Crippen LogP contribution in [0.1, 0.15) is 22.7 Å². The molecule has 5 heteroatoms. The van der Waals surface area contributed by atoms with Gasteiger partial charge in [0, 0.05) is 14.5 Å². The summed E-state index contributed by atoms with van der Waals surface area (Å²) in [5, 5.41) is 1.37. The van der Waals surface area contributed by atoms with E-state index < -0.39 is 0 Å². The van der Waals surface area contributed by atoms with E-state index in [1.807, 2.05) is 43.3 Å². The van der Waals surface area contributed by atoms with E-state index in [9.17, 15) is 0 Å². The number of benzene rings is 2. The van der Waals surface area contributed by atoms with Crippen LogP contribution >= 0.6 is 39.1 Å². The standard InChI is InChI=1S/C14H13BrCl2N2/c1-8-2-3-9(6-13(8)17)14(19-18)11-7-10(15)4-5-12(11)16/h2-7,14,19H,18H2,1H3. The highest BCUT2D eigenvalue weighted by Gasteiger charge is 2.16. The number of nitrogens with one attached hydrogen (secondary N) is 1. The number of aryl methyl sites for hydroxylation is 1. The average molecular weight is 360 g/mol. The Balaban J connectivity index is 2.49. The Morgan fingerprint density at radius 3 is 2.47 bits per heavy atom. The van der Waals surface area contributed by atoms with Gasteiger partial charge in [-0.2, -0.15) is 0 Å². The molecular formula is C14H13BrCl2N2. The lowest BCUT2D eigenvalue weighted by Gasteiger charge is -2.19. The fourth-order valence-electron chi connectivity index (χ4n) is 1.89. The zero-order valence-electron chi connectivity index (χ0n) is 10.3. The number of hydrogen-bond donors (Lipinski definition) is 2. The first kappa shape index (κ1) is 14.8. The molecule has 0 saturated heterocycles. The second-order valence-corrected chi connectivity index (χ2v) is 6.00. The molecule has 2 aromatic carbocycles. The van der Waals surface area contributed by atoms with Gasteiger partial charge < -0.3 is 0 Å². The van der Waals surface area contributed by atoms with E-state index in [-0.39, 0.29) is 6.04 Å². The lowest BCUT2D eigenvalue weighted by Crippen LogP contribution is -2.29. The van der Waals surface area contributed by atoms with Crippen molar-refractivity contribution in [1.82, 2.24) is 5.43 Å². The van der Waals surface area contributed by atoms with Crippen LogP contribution in [0.2, 0.25) is 10.0 Å². The Kier molecular flexibility index (Phi) is 4.87. The maximum absolute atomic E-state index is 6.24. The molecule has 1 unspecified atom stereocenters. The summed E-state index contributed by atoms with van der Waals surface area (Å²) in [5.41, 5.74) is 5.69. The van der Waals surface area contributed by atoms with Crippen molar-refractivity contribution in [3.8, 4) is 0 Å². The molecule has 2 rings (SSSR count). The highest BCUT2D eigenvalue weighted by atomic mass is 79.9. The Morgan fingerprint density at radius 2 is 1.84 bits per heavy atom. The summed E-state index contributed by atoms with van der Waals surface area (Å²) in [5.74, 6) is 5.68. The molecule has 0 aliphatic heterocycles. The second kappa shape index (κ2) is 6.25. The van der Waals surface area contributed by atoms with Gasteiger partial charge in [-0.3, -0.25) is 5.84 Å². The maximum Gasteiger partial charge on any atom is 0.0725 e. The molecule has 0 radical (unpaired) electrons. The summed E-state index contributed by atoms with van der Waals surface area (Å²) in [6.07, 6.45) is 0. The van der Waals surface area contributed by atoms with Crippen LogP contribution < -0.4 is 11.3 Å². The Labute approximate surface area is 131 Å². The number of halogens is 3. The monoisotopic (exact) mass is 358 g/mol. The first-order valence-electron chi connectivity index (χ1n) is 5.70. The van der Waals surface area contributed by atoms with Crippen LogP contribution in [-0.4, -0.2) is 0 Å². The predicted molar refractivity (Wildman–Crippen MR) is 84.5 cm³/mol.